The second kappa shape index (κ2) is 5.60. The summed E-state index contributed by atoms with van der Waals surface area (Å²) in [5.41, 5.74) is 0.483. The van der Waals surface area contributed by atoms with Crippen LogP contribution in [0, 0.1) is 22.9 Å². The number of nitro groups is 1. The molecule has 0 unspecified atom stereocenters. The molecule has 2 aromatic rings. The highest BCUT2D eigenvalue weighted by atomic mass is 19.1. The minimum Gasteiger partial charge on any atom is -0.354 e. The van der Waals surface area contributed by atoms with Crippen molar-refractivity contribution in [1.29, 1.82) is 0 Å². The van der Waals surface area contributed by atoms with Gasteiger partial charge in [-0.1, -0.05) is 12.1 Å². The van der Waals surface area contributed by atoms with Gasteiger partial charge in [-0.05, 0) is 26.0 Å². The normalized spacial score (nSPS) is 10.3. The highest BCUT2D eigenvalue weighted by Crippen LogP contribution is 2.31. The molecule has 2 rings (SSSR count). The maximum Gasteiger partial charge on any atom is 0.316 e. The van der Waals surface area contributed by atoms with E-state index in [4.69, 9.17) is 0 Å². The lowest BCUT2D eigenvalue weighted by Crippen LogP contribution is -2.07. The molecule has 0 saturated carbocycles. The average Bonchev–Trinajstić information content (AvgIpc) is 2.37. The topological polar surface area (TPSA) is 81.0 Å². The lowest BCUT2D eigenvalue weighted by Gasteiger charge is -2.08. The van der Waals surface area contributed by atoms with E-state index < -0.39 is 10.7 Å². The molecule has 0 saturated heterocycles. The Hall–Kier alpha value is -2.57. The third-order valence-corrected chi connectivity index (χ3v) is 2.67. The smallest absolute Gasteiger partial charge is 0.316 e. The molecule has 6 nitrogen and oxygen atoms in total. The van der Waals surface area contributed by atoms with Crippen LogP contribution < -0.4 is 5.32 Å². The molecule has 0 aliphatic rings. The molecule has 7 heteroatoms. The van der Waals surface area contributed by atoms with Gasteiger partial charge < -0.3 is 5.32 Å². The molecule has 104 valence electrons. The van der Waals surface area contributed by atoms with Gasteiger partial charge in [-0.15, -0.1) is 0 Å². The van der Waals surface area contributed by atoms with Crippen molar-refractivity contribution in [3.8, 4) is 11.3 Å². The zero-order chi connectivity index (χ0) is 14.7. The van der Waals surface area contributed by atoms with Crippen molar-refractivity contribution in [2.75, 3.05) is 11.9 Å². The molecule has 0 radical (unpaired) electrons. The van der Waals surface area contributed by atoms with E-state index in [1.54, 1.807) is 6.07 Å². The van der Waals surface area contributed by atoms with Crippen LogP contribution in [-0.2, 0) is 0 Å². The lowest BCUT2D eigenvalue weighted by molar-refractivity contribution is -0.385. The molecular formula is C13H13FN4O2. The van der Waals surface area contributed by atoms with Crippen LogP contribution in [-0.4, -0.2) is 21.4 Å². The summed E-state index contributed by atoms with van der Waals surface area (Å²) in [5, 5.41) is 14.1. The van der Waals surface area contributed by atoms with Crippen molar-refractivity contribution >= 4 is 11.6 Å². The van der Waals surface area contributed by atoms with E-state index >= 15 is 0 Å². The predicted octanol–water partition coefficient (Wildman–Crippen LogP) is 2.93. The quantitative estimate of drug-likeness (QED) is 0.686. The van der Waals surface area contributed by atoms with Crippen molar-refractivity contribution < 1.29 is 9.31 Å². The molecule has 0 spiro atoms. The Bertz CT molecular complexity index is 661. The number of aryl methyl sites for hydroxylation is 1. The molecule has 0 atom stereocenters. The Morgan fingerprint density at radius 3 is 2.75 bits per heavy atom. The van der Waals surface area contributed by atoms with Gasteiger partial charge in [0.25, 0.3) is 0 Å². The van der Waals surface area contributed by atoms with Crippen LogP contribution in [0.25, 0.3) is 11.3 Å². The number of anilines is 1. The number of halogens is 1. The molecule has 0 fully saturated rings. The summed E-state index contributed by atoms with van der Waals surface area (Å²) in [6, 6.07) is 5.55. The van der Waals surface area contributed by atoms with Crippen LogP contribution in [0.5, 0.6) is 0 Å². The Morgan fingerprint density at radius 2 is 2.15 bits per heavy atom. The van der Waals surface area contributed by atoms with Crippen LogP contribution >= 0.6 is 0 Å². The SMILES string of the molecule is CCNc1nc(C)c([N+](=O)[O-])c(-c2cccc(F)c2)n1. The number of hydrogen-bond donors (Lipinski definition) is 1. The Balaban J connectivity index is 2.67. The van der Waals surface area contributed by atoms with E-state index in [0.29, 0.717) is 12.1 Å². The predicted molar refractivity (Wildman–Crippen MR) is 73.0 cm³/mol. The number of hydrogen-bond acceptors (Lipinski definition) is 5. The molecule has 0 bridgehead atoms. The van der Waals surface area contributed by atoms with Crippen molar-refractivity contribution in [3.63, 3.8) is 0 Å². The summed E-state index contributed by atoms with van der Waals surface area (Å²) in [4.78, 5) is 18.8. The number of nitrogens with zero attached hydrogens (tertiary/aromatic N) is 3. The van der Waals surface area contributed by atoms with Crippen molar-refractivity contribution in [3.05, 3.63) is 45.9 Å². The van der Waals surface area contributed by atoms with Crippen LogP contribution in [0.1, 0.15) is 12.6 Å². The van der Waals surface area contributed by atoms with Crippen molar-refractivity contribution in [2.45, 2.75) is 13.8 Å². The molecule has 1 N–H and O–H groups in total. The molecular weight excluding hydrogens is 263 g/mol. The third-order valence-electron chi connectivity index (χ3n) is 2.67. The highest BCUT2D eigenvalue weighted by molar-refractivity contribution is 5.71. The van der Waals surface area contributed by atoms with Crippen LogP contribution in [0.3, 0.4) is 0 Å². The molecule has 0 aliphatic carbocycles. The Morgan fingerprint density at radius 1 is 1.40 bits per heavy atom. The van der Waals surface area contributed by atoms with Crippen molar-refractivity contribution in [2.24, 2.45) is 0 Å². The zero-order valence-electron chi connectivity index (χ0n) is 11.1. The van der Waals surface area contributed by atoms with Crippen molar-refractivity contribution in [1.82, 2.24) is 9.97 Å². The van der Waals surface area contributed by atoms with Gasteiger partial charge in [0.05, 0.1) is 4.92 Å². The van der Waals surface area contributed by atoms with Gasteiger partial charge in [0.2, 0.25) is 5.95 Å². The minimum absolute atomic E-state index is 0.109. The van der Waals surface area contributed by atoms with Gasteiger partial charge in [0.15, 0.2) is 5.69 Å². The molecule has 1 heterocycles. The van der Waals surface area contributed by atoms with E-state index in [1.165, 1.54) is 25.1 Å². The third kappa shape index (κ3) is 2.71. The minimum atomic E-state index is -0.550. The molecule has 20 heavy (non-hydrogen) atoms. The maximum absolute atomic E-state index is 13.3. The van der Waals surface area contributed by atoms with Gasteiger partial charge >= 0.3 is 5.69 Å². The second-order valence-corrected chi connectivity index (χ2v) is 4.13. The van der Waals surface area contributed by atoms with Crippen LogP contribution in [0.4, 0.5) is 16.0 Å². The standard InChI is InChI=1S/C13H13FN4O2/c1-3-15-13-16-8(2)12(18(19)20)11(17-13)9-5-4-6-10(14)7-9/h4-7H,3H2,1-2H3,(H,15,16,17). The zero-order valence-corrected chi connectivity index (χ0v) is 11.1. The van der Waals surface area contributed by atoms with E-state index in [1.807, 2.05) is 6.92 Å². The summed E-state index contributed by atoms with van der Waals surface area (Å²) in [6.07, 6.45) is 0. The van der Waals surface area contributed by atoms with E-state index in [0.717, 1.165) is 0 Å². The van der Waals surface area contributed by atoms with Gasteiger partial charge in [0.1, 0.15) is 11.5 Å². The summed E-state index contributed by atoms with van der Waals surface area (Å²) >= 11 is 0. The fraction of sp³-hybridized carbons (Fsp3) is 0.231. The largest absolute Gasteiger partial charge is 0.354 e. The fourth-order valence-electron chi connectivity index (χ4n) is 1.86. The fourth-order valence-corrected chi connectivity index (χ4v) is 1.86. The summed E-state index contributed by atoms with van der Waals surface area (Å²) in [5.74, 6) is -0.187. The van der Waals surface area contributed by atoms with Gasteiger partial charge in [-0.2, -0.15) is 0 Å². The Labute approximate surface area is 114 Å². The maximum atomic E-state index is 13.3. The first-order chi connectivity index (χ1) is 9.52. The molecule has 1 aromatic carbocycles. The van der Waals surface area contributed by atoms with Gasteiger partial charge in [-0.3, -0.25) is 10.1 Å². The summed E-state index contributed by atoms with van der Waals surface area (Å²) in [6.45, 7) is 3.98. The summed E-state index contributed by atoms with van der Waals surface area (Å²) in [7, 11) is 0. The van der Waals surface area contributed by atoms with E-state index in [-0.39, 0.29) is 23.0 Å². The molecule has 0 aliphatic heterocycles. The second-order valence-electron chi connectivity index (χ2n) is 4.13. The first-order valence-corrected chi connectivity index (χ1v) is 6.05. The van der Waals surface area contributed by atoms with Crippen LogP contribution in [0.15, 0.2) is 24.3 Å². The summed E-state index contributed by atoms with van der Waals surface area (Å²) < 4.78 is 13.3. The Kier molecular flexibility index (Phi) is 3.88. The first-order valence-electron chi connectivity index (χ1n) is 6.05. The van der Waals surface area contributed by atoms with Gasteiger partial charge in [-0.25, -0.2) is 14.4 Å². The first kappa shape index (κ1) is 13.9. The monoisotopic (exact) mass is 276 g/mol. The number of benzene rings is 1. The molecule has 0 amide bonds. The van der Waals surface area contributed by atoms with E-state index in [9.17, 15) is 14.5 Å². The lowest BCUT2D eigenvalue weighted by atomic mass is 10.1. The highest BCUT2D eigenvalue weighted by Gasteiger charge is 2.23. The number of aromatic nitrogens is 2. The average molecular weight is 276 g/mol. The van der Waals surface area contributed by atoms with E-state index in [2.05, 4.69) is 15.3 Å². The van der Waals surface area contributed by atoms with Gasteiger partial charge in [0, 0.05) is 12.1 Å². The number of rotatable bonds is 4. The van der Waals surface area contributed by atoms with Crippen LogP contribution in [0.2, 0.25) is 0 Å². The molecule has 1 aromatic heterocycles. The number of nitrogens with one attached hydrogen (secondary N) is 1.